The molecular weight excluding hydrogens is 415 g/mol. The van der Waals surface area contributed by atoms with Crippen LogP contribution in [0, 0.1) is 0 Å². The Balaban J connectivity index is 2.20. The van der Waals surface area contributed by atoms with Crippen molar-refractivity contribution in [3.63, 3.8) is 0 Å². The number of hydrogen-bond acceptors (Lipinski definition) is 6. The molecule has 0 radical (unpaired) electrons. The van der Waals surface area contributed by atoms with Gasteiger partial charge in [0.05, 0.1) is 19.6 Å². The average Bonchev–Trinajstić information content (AvgIpc) is 2.84. The second-order valence-electron chi connectivity index (χ2n) is 4.10. The number of fused-ring (bicyclic) bond motifs is 1. The lowest BCUT2D eigenvalue weighted by Crippen LogP contribution is -2.37. The molecule has 1 aliphatic heterocycles. The summed E-state index contributed by atoms with van der Waals surface area (Å²) in [5, 5.41) is 0.159. The van der Waals surface area contributed by atoms with Gasteiger partial charge >= 0.3 is 0 Å². The second kappa shape index (κ2) is 6.05. The summed E-state index contributed by atoms with van der Waals surface area (Å²) >= 11 is 8.20. The van der Waals surface area contributed by atoms with Gasteiger partial charge in [0.15, 0.2) is 29.1 Å². The van der Waals surface area contributed by atoms with Gasteiger partial charge in [-0.3, -0.25) is 9.13 Å². The Morgan fingerprint density at radius 3 is 2.70 bits per heavy atom. The molecule has 0 N–H and O–H groups in total. The zero-order valence-corrected chi connectivity index (χ0v) is 14.1. The summed E-state index contributed by atoms with van der Waals surface area (Å²) in [5.41, 5.74) is 1.21. The first-order valence-electron chi connectivity index (χ1n) is 5.85. The van der Waals surface area contributed by atoms with E-state index in [1.165, 1.54) is 0 Å². The summed E-state index contributed by atoms with van der Waals surface area (Å²) in [4.78, 5) is 26.0. The third-order valence-electron chi connectivity index (χ3n) is 2.99. The van der Waals surface area contributed by atoms with Crippen LogP contribution in [0.15, 0.2) is 0 Å². The van der Waals surface area contributed by atoms with E-state index >= 15 is 0 Å². The van der Waals surface area contributed by atoms with Crippen LogP contribution in [0.5, 0.6) is 0 Å². The van der Waals surface area contributed by atoms with Crippen LogP contribution in [0.4, 0.5) is 5.82 Å². The highest BCUT2D eigenvalue weighted by atomic mass is 127. The van der Waals surface area contributed by atoms with Crippen molar-refractivity contribution < 1.29 is 9.53 Å². The number of nitrogens with zero attached hydrogens (tertiary/aromatic N) is 5. The van der Waals surface area contributed by atoms with E-state index < -0.39 is 0 Å². The van der Waals surface area contributed by atoms with E-state index in [-0.39, 0.29) is 5.28 Å². The topological polar surface area (TPSA) is 73.1 Å². The van der Waals surface area contributed by atoms with Gasteiger partial charge in [-0.05, 0) is 33.6 Å². The van der Waals surface area contributed by atoms with E-state index in [1.807, 2.05) is 0 Å². The highest BCUT2D eigenvalue weighted by Gasteiger charge is 2.22. The Bertz CT molecular complexity index is 661. The van der Waals surface area contributed by atoms with Crippen LogP contribution in [-0.4, -0.2) is 51.9 Å². The Morgan fingerprint density at radius 1 is 1.30 bits per heavy atom. The van der Waals surface area contributed by atoms with Crippen molar-refractivity contribution in [1.29, 1.82) is 0 Å². The molecule has 7 nitrogen and oxygen atoms in total. The maximum Gasteiger partial charge on any atom is 0.226 e. The van der Waals surface area contributed by atoms with E-state index in [9.17, 15) is 4.79 Å². The monoisotopic (exact) mass is 425 g/mol. The molecule has 3 rings (SSSR count). The highest BCUT2D eigenvalue weighted by Crippen LogP contribution is 2.33. The van der Waals surface area contributed by atoms with Crippen molar-refractivity contribution in [2.75, 3.05) is 31.2 Å². The summed E-state index contributed by atoms with van der Waals surface area (Å²) in [6.45, 7) is 2.72. The number of ether oxygens (including phenoxy) is 1. The molecule has 1 saturated heterocycles. The molecule has 106 valence electrons. The molecule has 1 aliphatic rings. The fourth-order valence-electron chi connectivity index (χ4n) is 2.09. The van der Waals surface area contributed by atoms with Crippen molar-refractivity contribution >= 4 is 63.3 Å². The van der Waals surface area contributed by atoms with E-state index in [0.29, 0.717) is 42.4 Å². The lowest BCUT2D eigenvalue weighted by Gasteiger charge is -2.27. The molecule has 3 heterocycles. The SMILES string of the molecule is O=Cc1nc2c(N3CCOCC3)nc(Cl)nc2n1PI. The average molecular weight is 426 g/mol. The minimum atomic E-state index is 0.159. The summed E-state index contributed by atoms with van der Waals surface area (Å²) in [7, 11) is 0. The van der Waals surface area contributed by atoms with Crippen LogP contribution in [0.3, 0.4) is 0 Å². The summed E-state index contributed by atoms with van der Waals surface area (Å²) < 4.78 is 7.09. The number of hydrogen-bond donors (Lipinski definition) is 0. The van der Waals surface area contributed by atoms with Gasteiger partial charge in [-0.15, -0.1) is 0 Å². The number of anilines is 1. The second-order valence-corrected chi connectivity index (χ2v) is 6.50. The van der Waals surface area contributed by atoms with E-state index in [1.54, 1.807) is 4.34 Å². The van der Waals surface area contributed by atoms with Gasteiger partial charge in [-0.25, -0.2) is 4.98 Å². The summed E-state index contributed by atoms with van der Waals surface area (Å²) in [6.07, 6.45) is 1.04. The lowest BCUT2D eigenvalue weighted by atomic mass is 10.4. The van der Waals surface area contributed by atoms with E-state index in [0.717, 1.165) is 19.4 Å². The number of aldehydes is 1. The number of halogens is 2. The predicted molar refractivity (Wildman–Crippen MR) is 86.5 cm³/mol. The Morgan fingerprint density at radius 2 is 2.05 bits per heavy atom. The van der Waals surface area contributed by atoms with Crippen molar-refractivity contribution in [2.24, 2.45) is 0 Å². The fourth-order valence-corrected chi connectivity index (χ4v) is 4.10. The van der Waals surface area contributed by atoms with Gasteiger partial charge < -0.3 is 9.64 Å². The highest BCUT2D eigenvalue weighted by molar-refractivity contribution is 14.2. The Labute approximate surface area is 134 Å². The molecule has 0 saturated carbocycles. The number of carbonyl (C=O) groups excluding carboxylic acids is 1. The first kappa shape index (κ1) is 14.4. The quantitative estimate of drug-likeness (QED) is 0.324. The van der Waals surface area contributed by atoms with Crippen molar-refractivity contribution in [1.82, 2.24) is 19.3 Å². The maximum atomic E-state index is 11.1. The van der Waals surface area contributed by atoms with E-state index in [2.05, 4.69) is 41.9 Å². The van der Waals surface area contributed by atoms with E-state index in [4.69, 9.17) is 16.3 Å². The van der Waals surface area contributed by atoms with Crippen LogP contribution < -0.4 is 4.90 Å². The first-order valence-corrected chi connectivity index (χ1v) is 10.3. The fraction of sp³-hybridized carbons (Fsp3) is 0.400. The molecule has 0 amide bonds. The largest absolute Gasteiger partial charge is 0.378 e. The third kappa shape index (κ3) is 2.49. The van der Waals surface area contributed by atoms with Crippen molar-refractivity contribution in [3.8, 4) is 0 Å². The molecule has 0 aliphatic carbocycles. The number of carbonyl (C=O) groups is 1. The molecule has 0 spiro atoms. The van der Waals surface area contributed by atoms with Gasteiger partial charge in [0.25, 0.3) is 0 Å². The van der Waals surface area contributed by atoms with Gasteiger partial charge in [0.2, 0.25) is 5.28 Å². The molecule has 0 bridgehead atoms. The minimum Gasteiger partial charge on any atom is -0.378 e. The van der Waals surface area contributed by atoms with Gasteiger partial charge in [0.1, 0.15) is 0 Å². The molecular formula is C10H10ClIN5O2P. The molecule has 20 heavy (non-hydrogen) atoms. The lowest BCUT2D eigenvalue weighted by molar-refractivity contribution is 0.111. The van der Waals surface area contributed by atoms with Crippen LogP contribution in [0.25, 0.3) is 11.2 Å². The maximum absolute atomic E-state index is 11.1. The van der Waals surface area contributed by atoms with Crippen molar-refractivity contribution in [2.45, 2.75) is 0 Å². The minimum absolute atomic E-state index is 0.159. The molecule has 1 atom stereocenters. The van der Waals surface area contributed by atoms with Gasteiger partial charge in [-0.1, -0.05) is 0 Å². The Kier molecular flexibility index (Phi) is 4.34. The van der Waals surface area contributed by atoms with Crippen LogP contribution in [-0.2, 0) is 4.74 Å². The molecule has 1 fully saturated rings. The Hall–Kier alpha value is -0.570. The zero-order valence-electron chi connectivity index (χ0n) is 10.2. The molecule has 10 heteroatoms. The molecule has 0 aromatic carbocycles. The van der Waals surface area contributed by atoms with Crippen LogP contribution >= 0.6 is 40.0 Å². The third-order valence-corrected chi connectivity index (χ3v) is 5.21. The van der Waals surface area contributed by atoms with Crippen LogP contribution in [0.2, 0.25) is 5.28 Å². The molecule has 1 unspecified atom stereocenters. The standard InChI is InChI=1S/C10H10ClIN5O2P/c11-10-14-8(16-1-3-19-4-2-16)7-9(15-10)17(20-12)6(5-18)13-7/h5,20H,1-4H2. The first-order chi connectivity index (χ1) is 9.74. The summed E-state index contributed by atoms with van der Waals surface area (Å²) in [5.74, 6) is 1.01. The van der Waals surface area contributed by atoms with Crippen molar-refractivity contribution in [3.05, 3.63) is 11.1 Å². The smallest absolute Gasteiger partial charge is 0.226 e. The normalized spacial score (nSPS) is 16.4. The number of aromatic nitrogens is 4. The zero-order chi connectivity index (χ0) is 14.1. The van der Waals surface area contributed by atoms with Gasteiger partial charge in [-0.2, -0.15) is 9.97 Å². The van der Waals surface area contributed by atoms with Crippen LogP contribution in [0.1, 0.15) is 10.6 Å². The number of morpholine rings is 1. The number of imidazole rings is 1. The summed E-state index contributed by atoms with van der Waals surface area (Å²) in [6, 6.07) is 0. The molecule has 2 aromatic rings. The number of rotatable bonds is 3. The predicted octanol–water partition coefficient (Wildman–Crippen LogP) is 1.92. The van der Waals surface area contributed by atoms with Gasteiger partial charge in [0, 0.05) is 13.1 Å². The molecule has 2 aromatic heterocycles.